The maximum Gasteiger partial charge on any atom is 0.317 e. The number of hydrogen-bond acceptors (Lipinski definition) is 3. The number of carboxylic acids is 1. The van der Waals surface area contributed by atoms with E-state index in [1.165, 1.54) is 0 Å². The van der Waals surface area contributed by atoms with Crippen LogP contribution in [0.15, 0.2) is 0 Å². The number of likely N-dealkylation sites (tertiary alicyclic amines) is 1. The summed E-state index contributed by atoms with van der Waals surface area (Å²) in [6.07, 6.45) is 3.48. The fraction of sp³-hybridized carbons (Fsp3) is 0.833. The second kappa shape index (κ2) is 10.9. The SMILES string of the molecule is CCCC(CNC(=O)CC1CCCN(C(=O)NCC(C)C)C1)C(=O)O. The van der Waals surface area contributed by atoms with Gasteiger partial charge in [-0.15, -0.1) is 0 Å². The van der Waals surface area contributed by atoms with Gasteiger partial charge in [0.25, 0.3) is 0 Å². The van der Waals surface area contributed by atoms with Crippen LogP contribution in [0.2, 0.25) is 0 Å². The molecule has 1 heterocycles. The number of piperidine rings is 1. The zero-order chi connectivity index (χ0) is 18.8. The average Bonchev–Trinajstić information content (AvgIpc) is 2.56. The van der Waals surface area contributed by atoms with E-state index in [-0.39, 0.29) is 24.4 Å². The Morgan fingerprint density at radius 1 is 1.20 bits per heavy atom. The molecule has 25 heavy (non-hydrogen) atoms. The van der Waals surface area contributed by atoms with E-state index in [2.05, 4.69) is 10.6 Å². The van der Waals surface area contributed by atoms with Gasteiger partial charge in [-0.05, 0) is 31.1 Å². The minimum Gasteiger partial charge on any atom is -0.481 e. The number of carbonyl (C=O) groups is 3. The summed E-state index contributed by atoms with van der Waals surface area (Å²) in [7, 11) is 0. The van der Waals surface area contributed by atoms with Crippen LogP contribution in [0.25, 0.3) is 0 Å². The Bertz CT molecular complexity index is 454. The van der Waals surface area contributed by atoms with E-state index < -0.39 is 11.9 Å². The Balaban J connectivity index is 2.38. The standard InChI is InChI=1S/C18H33N3O4/c1-4-6-15(17(23)24)11-19-16(22)9-14-7-5-8-21(12-14)18(25)20-10-13(2)3/h13-15H,4-12H2,1-3H3,(H,19,22)(H,20,25)(H,23,24). The fourth-order valence-electron chi connectivity index (χ4n) is 3.05. The van der Waals surface area contributed by atoms with Gasteiger partial charge in [-0.2, -0.15) is 0 Å². The van der Waals surface area contributed by atoms with Gasteiger partial charge in [0.05, 0.1) is 5.92 Å². The van der Waals surface area contributed by atoms with Crippen molar-refractivity contribution in [2.24, 2.45) is 17.8 Å². The van der Waals surface area contributed by atoms with Gasteiger partial charge >= 0.3 is 12.0 Å². The van der Waals surface area contributed by atoms with Crippen molar-refractivity contribution in [3.05, 3.63) is 0 Å². The molecule has 0 radical (unpaired) electrons. The van der Waals surface area contributed by atoms with Crippen molar-refractivity contribution < 1.29 is 19.5 Å². The van der Waals surface area contributed by atoms with Crippen LogP contribution in [0.5, 0.6) is 0 Å². The maximum absolute atomic E-state index is 12.1. The number of amides is 3. The highest BCUT2D eigenvalue weighted by Gasteiger charge is 2.26. The van der Waals surface area contributed by atoms with E-state index in [4.69, 9.17) is 5.11 Å². The third-order valence-corrected chi connectivity index (χ3v) is 4.47. The lowest BCUT2D eigenvalue weighted by molar-refractivity contribution is -0.142. The smallest absolute Gasteiger partial charge is 0.317 e. The van der Waals surface area contributed by atoms with E-state index >= 15 is 0 Å². The first-order valence-corrected chi connectivity index (χ1v) is 9.35. The van der Waals surface area contributed by atoms with Crippen molar-refractivity contribution in [3.8, 4) is 0 Å². The highest BCUT2D eigenvalue weighted by Crippen LogP contribution is 2.19. The minimum atomic E-state index is -0.868. The number of aliphatic carboxylic acids is 1. The van der Waals surface area contributed by atoms with Crippen molar-refractivity contribution in [3.63, 3.8) is 0 Å². The first kappa shape index (κ1) is 21.3. The highest BCUT2D eigenvalue weighted by atomic mass is 16.4. The quantitative estimate of drug-likeness (QED) is 0.589. The molecule has 1 aliphatic rings. The van der Waals surface area contributed by atoms with Gasteiger partial charge < -0.3 is 20.6 Å². The Morgan fingerprint density at radius 3 is 2.52 bits per heavy atom. The van der Waals surface area contributed by atoms with Crippen molar-refractivity contribution in [1.82, 2.24) is 15.5 Å². The monoisotopic (exact) mass is 355 g/mol. The van der Waals surface area contributed by atoms with Gasteiger partial charge in [-0.25, -0.2) is 4.79 Å². The number of carboxylic acid groups (broad SMARTS) is 1. The number of nitrogens with zero attached hydrogens (tertiary/aromatic N) is 1. The van der Waals surface area contributed by atoms with E-state index in [1.807, 2.05) is 20.8 Å². The van der Waals surface area contributed by atoms with Crippen LogP contribution in [0.1, 0.15) is 52.9 Å². The molecular weight excluding hydrogens is 322 g/mol. The summed E-state index contributed by atoms with van der Waals surface area (Å²) in [5.74, 6) is -0.989. The Hall–Kier alpha value is -1.79. The number of urea groups is 1. The molecule has 7 heteroatoms. The van der Waals surface area contributed by atoms with Crippen LogP contribution >= 0.6 is 0 Å². The molecule has 1 saturated heterocycles. The summed E-state index contributed by atoms with van der Waals surface area (Å²) in [5, 5.41) is 14.8. The molecule has 0 spiro atoms. The summed E-state index contributed by atoms with van der Waals surface area (Å²) in [5.41, 5.74) is 0. The van der Waals surface area contributed by atoms with E-state index in [1.54, 1.807) is 4.90 Å². The second-order valence-electron chi connectivity index (χ2n) is 7.37. The van der Waals surface area contributed by atoms with Crippen molar-refractivity contribution in [2.45, 2.75) is 52.9 Å². The van der Waals surface area contributed by atoms with E-state index in [9.17, 15) is 14.4 Å². The molecule has 3 amide bonds. The van der Waals surface area contributed by atoms with Crippen LogP contribution in [0.4, 0.5) is 4.79 Å². The van der Waals surface area contributed by atoms with E-state index in [0.29, 0.717) is 31.8 Å². The fourth-order valence-corrected chi connectivity index (χ4v) is 3.05. The van der Waals surface area contributed by atoms with Crippen LogP contribution in [0, 0.1) is 17.8 Å². The Labute approximate surface area is 150 Å². The molecule has 0 aromatic heterocycles. The second-order valence-corrected chi connectivity index (χ2v) is 7.37. The van der Waals surface area contributed by atoms with Gasteiger partial charge in [0.1, 0.15) is 0 Å². The molecule has 1 aliphatic heterocycles. The summed E-state index contributed by atoms with van der Waals surface area (Å²) in [6.45, 7) is 8.15. The molecule has 1 fully saturated rings. The van der Waals surface area contributed by atoms with Crippen LogP contribution in [0.3, 0.4) is 0 Å². The van der Waals surface area contributed by atoms with Gasteiger partial charge in [0.2, 0.25) is 5.91 Å². The van der Waals surface area contributed by atoms with Crippen molar-refractivity contribution in [1.29, 1.82) is 0 Å². The van der Waals surface area contributed by atoms with Crippen molar-refractivity contribution in [2.75, 3.05) is 26.2 Å². The minimum absolute atomic E-state index is 0.0623. The molecule has 0 aliphatic carbocycles. The zero-order valence-electron chi connectivity index (χ0n) is 15.7. The first-order valence-electron chi connectivity index (χ1n) is 9.35. The van der Waals surface area contributed by atoms with Gasteiger partial charge in [-0.3, -0.25) is 9.59 Å². The maximum atomic E-state index is 12.1. The molecule has 3 N–H and O–H groups in total. The highest BCUT2D eigenvalue weighted by molar-refractivity contribution is 5.78. The Kier molecular flexibility index (Phi) is 9.31. The summed E-state index contributed by atoms with van der Waals surface area (Å²) in [4.78, 5) is 37.2. The number of carbonyl (C=O) groups excluding carboxylic acids is 2. The number of nitrogens with one attached hydrogen (secondary N) is 2. The lowest BCUT2D eigenvalue weighted by Gasteiger charge is -2.32. The van der Waals surface area contributed by atoms with Crippen LogP contribution in [-0.4, -0.2) is 54.1 Å². The summed E-state index contributed by atoms with van der Waals surface area (Å²) in [6, 6.07) is -0.0623. The topological polar surface area (TPSA) is 98.7 Å². The predicted octanol–water partition coefficient (Wildman–Crippen LogP) is 2.07. The molecule has 0 saturated carbocycles. The van der Waals surface area contributed by atoms with Crippen molar-refractivity contribution >= 4 is 17.9 Å². The Morgan fingerprint density at radius 2 is 1.92 bits per heavy atom. The van der Waals surface area contributed by atoms with Crippen LogP contribution in [-0.2, 0) is 9.59 Å². The lowest BCUT2D eigenvalue weighted by Crippen LogP contribution is -2.47. The normalized spacial score (nSPS) is 18.7. The molecule has 144 valence electrons. The predicted molar refractivity (Wildman–Crippen MR) is 96.2 cm³/mol. The molecule has 0 aromatic carbocycles. The third-order valence-electron chi connectivity index (χ3n) is 4.47. The van der Waals surface area contributed by atoms with Gasteiger partial charge in [0, 0.05) is 32.6 Å². The van der Waals surface area contributed by atoms with Gasteiger partial charge in [-0.1, -0.05) is 27.2 Å². The first-order chi connectivity index (χ1) is 11.8. The molecule has 0 bridgehead atoms. The molecular formula is C18H33N3O4. The largest absolute Gasteiger partial charge is 0.481 e. The molecule has 1 rings (SSSR count). The molecule has 0 aromatic rings. The summed E-state index contributed by atoms with van der Waals surface area (Å²) < 4.78 is 0. The third kappa shape index (κ3) is 8.23. The number of rotatable bonds is 9. The summed E-state index contributed by atoms with van der Waals surface area (Å²) >= 11 is 0. The van der Waals surface area contributed by atoms with Crippen LogP contribution < -0.4 is 10.6 Å². The van der Waals surface area contributed by atoms with E-state index in [0.717, 1.165) is 25.8 Å². The van der Waals surface area contributed by atoms with Gasteiger partial charge in [0.15, 0.2) is 0 Å². The average molecular weight is 355 g/mol. The number of hydrogen-bond donors (Lipinski definition) is 3. The zero-order valence-corrected chi connectivity index (χ0v) is 15.7. The lowest BCUT2D eigenvalue weighted by atomic mass is 9.94. The molecule has 7 nitrogen and oxygen atoms in total. The molecule has 2 atom stereocenters. The molecule has 2 unspecified atom stereocenters.